The van der Waals surface area contributed by atoms with Gasteiger partial charge in [-0.25, -0.2) is 9.50 Å². The third-order valence-corrected chi connectivity index (χ3v) is 2.10. The molecule has 0 fully saturated rings. The van der Waals surface area contributed by atoms with Gasteiger partial charge in [-0.2, -0.15) is 5.10 Å². The number of halogens is 1. The highest BCUT2D eigenvalue weighted by Gasteiger charge is 1.94. The molecule has 2 heterocycles. The summed E-state index contributed by atoms with van der Waals surface area (Å²) in [7, 11) is 0. The Morgan fingerprint density at radius 2 is 2.45 bits per heavy atom. The maximum absolute atomic E-state index is 4.18. The molecule has 0 aromatic carbocycles. The van der Waals surface area contributed by atoms with Crippen LogP contribution in [-0.4, -0.2) is 14.6 Å². The van der Waals surface area contributed by atoms with Crippen LogP contribution in [0, 0.1) is 0 Å². The van der Waals surface area contributed by atoms with Gasteiger partial charge in [-0.05, 0) is 5.56 Å². The van der Waals surface area contributed by atoms with E-state index >= 15 is 0 Å². The van der Waals surface area contributed by atoms with Crippen LogP contribution in [0.2, 0.25) is 0 Å². The van der Waals surface area contributed by atoms with Gasteiger partial charge in [0.1, 0.15) is 0 Å². The van der Waals surface area contributed by atoms with Gasteiger partial charge in [-0.3, -0.25) is 0 Å². The summed E-state index contributed by atoms with van der Waals surface area (Å²) in [5.74, 6) is 0. The van der Waals surface area contributed by atoms with E-state index in [1.807, 2.05) is 18.5 Å². The van der Waals surface area contributed by atoms with Crippen molar-refractivity contribution in [3.63, 3.8) is 0 Å². The zero-order valence-electron chi connectivity index (χ0n) is 5.74. The molecular formula is C7H6BrN3. The van der Waals surface area contributed by atoms with Crippen LogP contribution in [-0.2, 0) is 5.33 Å². The van der Waals surface area contributed by atoms with E-state index in [1.165, 1.54) is 0 Å². The standard InChI is InChI=1S/C7H6BrN3/c8-3-6-4-9-7-1-2-10-11(7)5-6/h1-2,4-5H,3H2. The third-order valence-electron chi connectivity index (χ3n) is 1.45. The van der Waals surface area contributed by atoms with Crippen molar-refractivity contribution >= 4 is 21.6 Å². The second-order valence-corrected chi connectivity index (χ2v) is 2.79. The van der Waals surface area contributed by atoms with Crippen molar-refractivity contribution in [2.45, 2.75) is 5.33 Å². The van der Waals surface area contributed by atoms with Crippen LogP contribution in [0.25, 0.3) is 5.65 Å². The van der Waals surface area contributed by atoms with E-state index in [0.717, 1.165) is 16.5 Å². The van der Waals surface area contributed by atoms with Crippen LogP contribution >= 0.6 is 15.9 Å². The minimum absolute atomic E-state index is 0.815. The molecule has 56 valence electrons. The number of nitrogens with zero attached hydrogens (tertiary/aromatic N) is 3. The van der Waals surface area contributed by atoms with Gasteiger partial charge >= 0.3 is 0 Å². The average Bonchev–Trinajstić information content (AvgIpc) is 2.50. The number of rotatable bonds is 1. The number of hydrogen-bond donors (Lipinski definition) is 0. The van der Waals surface area contributed by atoms with E-state index in [1.54, 1.807) is 10.7 Å². The SMILES string of the molecule is BrCc1cnc2ccnn2c1. The summed E-state index contributed by atoms with van der Waals surface area (Å²) >= 11 is 3.35. The summed E-state index contributed by atoms with van der Waals surface area (Å²) in [6.45, 7) is 0. The summed E-state index contributed by atoms with van der Waals surface area (Å²) in [6.07, 6.45) is 5.53. The second kappa shape index (κ2) is 2.62. The lowest BCUT2D eigenvalue weighted by Gasteiger charge is -1.94. The number of fused-ring (bicyclic) bond motifs is 1. The molecule has 2 aromatic heterocycles. The maximum atomic E-state index is 4.18. The first-order valence-corrected chi connectivity index (χ1v) is 4.36. The van der Waals surface area contributed by atoms with Gasteiger partial charge in [0.15, 0.2) is 5.65 Å². The lowest BCUT2D eigenvalue weighted by Crippen LogP contribution is -1.91. The minimum Gasteiger partial charge on any atom is -0.237 e. The van der Waals surface area contributed by atoms with E-state index in [-0.39, 0.29) is 0 Å². The van der Waals surface area contributed by atoms with Gasteiger partial charge in [-0.15, -0.1) is 0 Å². The molecule has 2 aromatic rings. The molecule has 0 amide bonds. The highest BCUT2D eigenvalue weighted by Crippen LogP contribution is 2.04. The smallest absolute Gasteiger partial charge is 0.154 e. The van der Waals surface area contributed by atoms with Crippen molar-refractivity contribution in [1.29, 1.82) is 0 Å². The van der Waals surface area contributed by atoms with Crippen LogP contribution in [0.3, 0.4) is 0 Å². The fourth-order valence-electron chi connectivity index (χ4n) is 0.917. The summed E-state index contributed by atoms with van der Waals surface area (Å²) < 4.78 is 1.76. The van der Waals surface area contributed by atoms with E-state index < -0.39 is 0 Å². The van der Waals surface area contributed by atoms with E-state index in [0.29, 0.717) is 0 Å². The molecule has 0 aliphatic carbocycles. The molecule has 0 bridgehead atoms. The Balaban J connectivity index is 2.67. The molecule has 0 spiro atoms. The number of aromatic nitrogens is 3. The van der Waals surface area contributed by atoms with Crippen LogP contribution in [0.1, 0.15) is 5.56 Å². The second-order valence-electron chi connectivity index (χ2n) is 2.23. The molecule has 0 saturated carbocycles. The topological polar surface area (TPSA) is 30.2 Å². The number of alkyl halides is 1. The first-order chi connectivity index (χ1) is 5.40. The van der Waals surface area contributed by atoms with Crippen molar-refractivity contribution in [1.82, 2.24) is 14.6 Å². The molecule has 0 radical (unpaired) electrons. The van der Waals surface area contributed by atoms with E-state index in [4.69, 9.17) is 0 Å². The van der Waals surface area contributed by atoms with E-state index in [9.17, 15) is 0 Å². The Morgan fingerprint density at radius 3 is 3.27 bits per heavy atom. The Hall–Kier alpha value is -0.900. The van der Waals surface area contributed by atoms with Gasteiger partial charge < -0.3 is 0 Å². The van der Waals surface area contributed by atoms with Crippen LogP contribution < -0.4 is 0 Å². The highest BCUT2D eigenvalue weighted by molar-refractivity contribution is 9.08. The lowest BCUT2D eigenvalue weighted by atomic mass is 10.4. The lowest BCUT2D eigenvalue weighted by molar-refractivity contribution is 0.926. The Kier molecular flexibility index (Phi) is 1.62. The summed E-state index contributed by atoms with van der Waals surface area (Å²) in [5.41, 5.74) is 2.01. The first-order valence-electron chi connectivity index (χ1n) is 3.24. The highest BCUT2D eigenvalue weighted by atomic mass is 79.9. The molecule has 2 rings (SSSR count). The number of hydrogen-bond acceptors (Lipinski definition) is 2. The predicted octanol–water partition coefficient (Wildman–Crippen LogP) is 1.62. The fraction of sp³-hybridized carbons (Fsp3) is 0.143. The Morgan fingerprint density at radius 1 is 1.55 bits per heavy atom. The predicted molar refractivity (Wildman–Crippen MR) is 45.6 cm³/mol. The molecule has 0 unspecified atom stereocenters. The minimum atomic E-state index is 0.815. The molecular weight excluding hydrogens is 206 g/mol. The molecule has 0 aliphatic heterocycles. The largest absolute Gasteiger partial charge is 0.237 e. The zero-order valence-corrected chi connectivity index (χ0v) is 7.32. The average molecular weight is 212 g/mol. The third kappa shape index (κ3) is 1.14. The molecule has 0 saturated heterocycles. The molecule has 0 atom stereocenters. The quantitative estimate of drug-likeness (QED) is 0.672. The maximum Gasteiger partial charge on any atom is 0.154 e. The molecule has 3 nitrogen and oxygen atoms in total. The summed E-state index contributed by atoms with van der Waals surface area (Å²) in [6, 6.07) is 1.87. The van der Waals surface area contributed by atoms with Crippen molar-refractivity contribution in [2.24, 2.45) is 0 Å². The molecule has 0 aliphatic rings. The van der Waals surface area contributed by atoms with Crippen LogP contribution in [0.5, 0.6) is 0 Å². The normalized spacial score (nSPS) is 10.6. The summed E-state index contributed by atoms with van der Waals surface area (Å²) in [5, 5.41) is 4.88. The van der Waals surface area contributed by atoms with Crippen molar-refractivity contribution in [3.05, 3.63) is 30.2 Å². The van der Waals surface area contributed by atoms with Gasteiger partial charge in [0, 0.05) is 23.8 Å². The molecule has 0 N–H and O–H groups in total. The Bertz CT molecular complexity index is 368. The summed E-state index contributed by atoms with van der Waals surface area (Å²) in [4.78, 5) is 4.18. The van der Waals surface area contributed by atoms with Crippen molar-refractivity contribution in [3.8, 4) is 0 Å². The van der Waals surface area contributed by atoms with Crippen LogP contribution in [0.15, 0.2) is 24.7 Å². The zero-order chi connectivity index (χ0) is 7.68. The first kappa shape index (κ1) is 6.79. The molecule has 11 heavy (non-hydrogen) atoms. The fourth-order valence-corrected chi connectivity index (χ4v) is 1.21. The van der Waals surface area contributed by atoms with Gasteiger partial charge in [-0.1, -0.05) is 15.9 Å². The molecule has 4 heteroatoms. The monoisotopic (exact) mass is 211 g/mol. The van der Waals surface area contributed by atoms with Gasteiger partial charge in [0.25, 0.3) is 0 Å². The Labute approximate surface area is 72.2 Å². The van der Waals surface area contributed by atoms with Crippen molar-refractivity contribution < 1.29 is 0 Å². The van der Waals surface area contributed by atoms with Crippen molar-refractivity contribution in [2.75, 3.05) is 0 Å². The van der Waals surface area contributed by atoms with Gasteiger partial charge in [0.2, 0.25) is 0 Å². The van der Waals surface area contributed by atoms with Gasteiger partial charge in [0.05, 0.1) is 6.20 Å². The van der Waals surface area contributed by atoms with E-state index in [2.05, 4.69) is 26.0 Å². The van der Waals surface area contributed by atoms with Crippen LogP contribution in [0.4, 0.5) is 0 Å².